The van der Waals surface area contributed by atoms with Gasteiger partial charge in [0.15, 0.2) is 6.61 Å². The normalized spacial score (nSPS) is 10.7. The molecule has 7 nitrogen and oxygen atoms in total. The number of H-pyrrole nitrogens is 1. The first kappa shape index (κ1) is 19.2. The van der Waals surface area contributed by atoms with Gasteiger partial charge in [-0.25, -0.2) is 0 Å². The number of methoxy groups -OCH3 is 1. The zero-order valence-electron chi connectivity index (χ0n) is 16.1. The highest BCUT2D eigenvalue weighted by atomic mass is 16.6. The summed E-state index contributed by atoms with van der Waals surface area (Å²) in [6.45, 7) is -0.192. The average molecular weight is 402 g/mol. The maximum atomic E-state index is 12.7. The molecule has 0 saturated heterocycles. The number of aromatic amines is 1. The molecule has 0 unspecified atom stereocenters. The molecule has 0 bridgehead atoms. The van der Waals surface area contributed by atoms with Crippen LogP contribution in [0.3, 0.4) is 0 Å². The minimum Gasteiger partial charge on any atom is -0.497 e. The number of benzene rings is 3. The third kappa shape index (κ3) is 3.73. The van der Waals surface area contributed by atoms with E-state index in [0.717, 1.165) is 10.9 Å². The molecule has 0 radical (unpaired) electrons. The Bertz CT molecular complexity index is 1230. The summed E-state index contributed by atoms with van der Waals surface area (Å²) in [6.07, 6.45) is 1.66. The summed E-state index contributed by atoms with van der Waals surface area (Å²) in [6, 6.07) is 18.9. The summed E-state index contributed by atoms with van der Waals surface area (Å²) in [5.74, 6) is 0.867. The minimum atomic E-state index is -0.464. The molecular weight excluding hydrogens is 384 g/mol. The first-order chi connectivity index (χ1) is 14.6. The number of non-ortho nitro benzene ring substituents is 1. The highest BCUT2D eigenvalue weighted by Gasteiger charge is 2.17. The Balaban J connectivity index is 1.63. The number of carbonyl (C=O) groups excluding carboxylic acids is 1. The lowest BCUT2D eigenvalue weighted by Gasteiger charge is -2.12. The number of nitrogens with one attached hydrogen (secondary N) is 1. The Morgan fingerprint density at radius 3 is 2.57 bits per heavy atom. The van der Waals surface area contributed by atoms with Crippen molar-refractivity contribution in [2.45, 2.75) is 0 Å². The van der Waals surface area contributed by atoms with Gasteiger partial charge in [-0.1, -0.05) is 30.3 Å². The van der Waals surface area contributed by atoms with Gasteiger partial charge in [0.1, 0.15) is 11.5 Å². The second-order valence-electron chi connectivity index (χ2n) is 6.63. The highest BCUT2D eigenvalue weighted by molar-refractivity contribution is 6.08. The van der Waals surface area contributed by atoms with Crippen LogP contribution in [0.15, 0.2) is 72.9 Å². The summed E-state index contributed by atoms with van der Waals surface area (Å²) in [5, 5.41) is 12.1. The molecule has 0 aliphatic heterocycles. The largest absolute Gasteiger partial charge is 0.497 e. The van der Waals surface area contributed by atoms with Crippen LogP contribution in [-0.4, -0.2) is 29.4 Å². The number of nitro groups is 1. The van der Waals surface area contributed by atoms with E-state index in [0.29, 0.717) is 28.2 Å². The van der Waals surface area contributed by atoms with E-state index in [9.17, 15) is 14.9 Å². The topological polar surface area (TPSA) is 94.5 Å². The van der Waals surface area contributed by atoms with Gasteiger partial charge >= 0.3 is 0 Å². The number of carbonyl (C=O) groups is 1. The molecule has 150 valence electrons. The fourth-order valence-corrected chi connectivity index (χ4v) is 3.28. The Kier molecular flexibility index (Phi) is 5.17. The van der Waals surface area contributed by atoms with Crippen molar-refractivity contribution in [3.8, 4) is 22.6 Å². The van der Waals surface area contributed by atoms with E-state index in [1.165, 1.54) is 18.2 Å². The SMILES string of the molecule is COc1ccc(-c2cc([N+](=O)[O-])ccc2OCC(=O)c2c[nH]c3ccccc23)cc1. The first-order valence-corrected chi connectivity index (χ1v) is 9.22. The molecule has 7 heteroatoms. The lowest BCUT2D eigenvalue weighted by atomic mass is 10.0. The fraction of sp³-hybridized carbons (Fsp3) is 0.0870. The molecule has 0 spiro atoms. The van der Waals surface area contributed by atoms with Crippen LogP contribution in [0, 0.1) is 10.1 Å². The van der Waals surface area contributed by atoms with E-state index < -0.39 is 4.92 Å². The van der Waals surface area contributed by atoms with Crippen molar-refractivity contribution in [1.29, 1.82) is 0 Å². The molecule has 1 aromatic heterocycles. The summed E-state index contributed by atoms with van der Waals surface area (Å²) >= 11 is 0. The number of fused-ring (bicyclic) bond motifs is 1. The van der Waals surface area contributed by atoms with Gasteiger partial charge in [-0.2, -0.15) is 0 Å². The third-order valence-electron chi connectivity index (χ3n) is 4.82. The van der Waals surface area contributed by atoms with Gasteiger partial charge in [0, 0.05) is 40.4 Å². The van der Waals surface area contributed by atoms with E-state index in [4.69, 9.17) is 9.47 Å². The first-order valence-electron chi connectivity index (χ1n) is 9.22. The van der Waals surface area contributed by atoms with Crippen LogP contribution in [0.2, 0.25) is 0 Å². The van der Waals surface area contributed by atoms with Crippen LogP contribution >= 0.6 is 0 Å². The van der Waals surface area contributed by atoms with E-state index in [1.54, 1.807) is 37.6 Å². The summed E-state index contributed by atoms with van der Waals surface area (Å²) in [5.41, 5.74) is 2.59. The number of Topliss-reactive ketones (excluding diaryl/α,β-unsaturated/α-hetero) is 1. The predicted molar refractivity (Wildman–Crippen MR) is 113 cm³/mol. The monoisotopic (exact) mass is 402 g/mol. The van der Waals surface area contributed by atoms with E-state index in [2.05, 4.69) is 4.98 Å². The Labute approximate surface area is 172 Å². The van der Waals surface area contributed by atoms with Crippen LogP contribution in [0.4, 0.5) is 5.69 Å². The molecule has 3 aromatic carbocycles. The molecule has 0 saturated carbocycles. The number of aromatic nitrogens is 1. The van der Waals surface area contributed by atoms with Gasteiger partial charge in [0.2, 0.25) is 5.78 Å². The fourth-order valence-electron chi connectivity index (χ4n) is 3.28. The van der Waals surface area contributed by atoms with Crippen molar-refractivity contribution in [1.82, 2.24) is 4.98 Å². The van der Waals surface area contributed by atoms with Crippen molar-refractivity contribution in [2.75, 3.05) is 13.7 Å². The molecule has 4 aromatic rings. The molecule has 0 fully saturated rings. The minimum absolute atomic E-state index is 0.0591. The second kappa shape index (κ2) is 8.08. The van der Waals surface area contributed by atoms with Gasteiger partial charge in [0.05, 0.1) is 12.0 Å². The molecule has 0 amide bonds. The zero-order valence-corrected chi connectivity index (χ0v) is 16.1. The molecule has 0 aliphatic carbocycles. The second-order valence-corrected chi connectivity index (χ2v) is 6.63. The van der Waals surface area contributed by atoms with Crippen LogP contribution in [-0.2, 0) is 0 Å². The number of para-hydroxylation sites is 1. The van der Waals surface area contributed by atoms with Crippen LogP contribution in [0.1, 0.15) is 10.4 Å². The van der Waals surface area contributed by atoms with Crippen LogP contribution in [0.5, 0.6) is 11.5 Å². The number of nitro benzene ring substituents is 1. The number of hydrogen-bond acceptors (Lipinski definition) is 5. The summed E-state index contributed by atoms with van der Waals surface area (Å²) < 4.78 is 11.0. The summed E-state index contributed by atoms with van der Waals surface area (Å²) in [4.78, 5) is 26.6. The number of nitrogens with zero attached hydrogens (tertiary/aromatic N) is 1. The van der Waals surface area contributed by atoms with Gasteiger partial charge in [-0.15, -0.1) is 0 Å². The Morgan fingerprint density at radius 2 is 1.83 bits per heavy atom. The van der Waals surface area contributed by atoms with Gasteiger partial charge in [-0.3, -0.25) is 14.9 Å². The number of ether oxygens (including phenoxy) is 2. The van der Waals surface area contributed by atoms with Crippen molar-refractivity contribution >= 4 is 22.4 Å². The molecular formula is C23H18N2O5. The van der Waals surface area contributed by atoms with Crippen molar-refractivity contribution < 1.29 is 19.2 Å². The molecule has 30 heavy (non-hydrogen) atoms. The van der Waals surface area contributed by atoms with Crippen LogP contribution in [0.25, 0.3) is 22.0 Å². The molecule has 0 atom stereocenters. The quantitative estimate of drug-likeness (QED) is 0.266. The van der Waals surface area contributed by atoms with Crippen molar-refractivity contribution in [3.63, 3.8) is 0 Å². The number of rotatable bonds is 7. The van der Waals surface area contributed by atoms with E-state index in [1.807, 2.05) is 24.3 Å². The lowest BCUT2D eigenvalue weighted by molar-refractivity contribution is -0.384. The van der Waals surface area contributed by atoms with Gasteiger partial charge < -0.3 is 14.5 Å². The number of ketones is 1. The van der Waals surface area contributed by atoms with E-state index >= 15 is 0 Å². The Hall–Kier alpha value is -4.13. The number of hydrogen-bond donors (Lipinski definition) is 1. The van der Waals surface area contributed by atoms with Gasteiger partial charge in [0.25, 0.3) is 5.69 Å². The predicted octanol–water partition coefficient (Wildman–Crippen LogP) is 5.01. The zero-order chi connectivity index (χ0) is 21.1. The third-order valence-corrected chi connectivity index (χ3v) is 4.82. The highest BCUT2D eigenvalue weighted by Crippen LogP contribution is 2.34. The molecule has 4 rings (SSSR count). The molecule has 0 aliphatic rings. The smallest absolute Gasteiger partial charge is 0.270 e. The van der Waals surface area contributed by atoms with Crippen LogP contribution < -0.4 is 9.47 Å². The standard InChI is InChI=1S/C23H18N2O5/c1-29-17-9-6-15(7-10-17)19-12-16(25(27)28)8-11-23(19)30-14-22(26)20-13-24-21-5-3-2-4-18(20)21/h2-13,24H,14H2,1H3. The Morgan fingerprint density at radius 1 is 1.07 bits per heavy atom. The van der Waals surface area contributed by atoms with E-state index in [-0.39, 0.29) is 18.1 Å². The maximum absolute atomic E-state index is 12.7. The van der Waals surface area contributed by atoms with Gasteiger partial charge in [-0.05, 0) is 29.8 Å². The average Bonchev–Trinajstić information content (AvgIpc) is 3.21. The lowest BCUT2D eigenvalue weighted by Crippen LogP contribution is -2.11. The summed E-state index contributed by atoms with van der Waals surface area (Å²) in [7, 11) is 1.56. The molecule has 1 N–H and O–H groups in total. The molecule has 1 heterocycles. The van der Waals surface area contributed by atoms with Crippen molar-refractivity contribution in [3.05, 3.63) is 88.6 Å². The van der Waals surface area contributed by atoms with Crippen molar-refractivity contribution in [2.24, 2.45) is 0 Å². The maximum Gasteiger partial charge on any atom is 0.270 e.